The van der Waals surface area contributed by atoms with Gasteiger partial charge in [0.25, 0.3) is 5.56 Å². The van der Waals surface area contributed by atoms with Gasteiger partial charge in [0.2, 0.25) is 5.91 Å². The highest BCUT2D eigenvalue weighted by molar-refractivity contribution is 5.77. The minimum Gasteiger partial charge on any atom is -0.341 e. The number of amides is 1. The largest absolute Gasteiger partial charge is 0.341 e. The van der Waals surface area contributed by atoms with Crippen molar-refractivity contribution in [2.45, 2.75) is 32.4 Å². The number of likely N-dealkylation sites (N-methyl/N-ethyl adjacent to an activating group) is 1. The average Bonchev–Trinajstić information content (AvgIpc) is 3.06. The van der Waals surface area contributed by atoms with Crippen LogP contribution in [0.5, 0.6) is 0 Å². The van der Waals surface area contributed by atoms with Gasteiger partial charge in [0.05, 0.1) is 11.9 Å². The maximum absolute atomic E-state index is 12.6. The van der Waals surface area contributed by atoms with Gasteiger partial charge in [-0.25, -0.2) is 4.68 Å². The highest BCUT2D eigenvalue weighted by atomic mass is 16.2. The second-order valence-corrected chi connectivity index (χ2v) is 6.88. The van der Waals surface area contributed by atoms with Crippen LogP contribution < -0.4 is 5.56 Å². The quantitative estimate of drug-likeness (QED) is 0.809. The number of hydrogen-bond donors (Lipinski definition) is 0. The molecule has 0 bridgehead atoms. The topological polar surface area (TPSA) is 71.3 Å². The number of likely N-dealkylation sites (tertiary alicyclic amines) is 1. The van der Waals surface area contributed by atoms with E-state index in [2.05, 4.69) is 36.2 Å². The van der Waals surface area contributed by atoms with Crippen LogP contribution in [0.2, 0.25) is 0 Å². The predicted molar refractivity (Wildman–Crippen MR) is 96.3 cm³/mol. The van der Waals surface area contributed by atoms with E-state index in [4.69, 9.17) is 0 Å². The van der Waals surface area contributed by atoms with Crippen LogP contribution in [0, 0.1) is 5.92 Å². The van der Waals surface area contributed by atoms with E-state index < -0.39 is 0 Å². The van der Waals surface area contributed by atoms with Gasteiger partial charge in [-0.15, -0.1) is 5.10 Å². The van der Waals surface area contributed by atoms with Crippen molar-refractivity contribution in [3.05, 3.63) is 34.6 Å². The molecule has 1 aromatic heterocycles. The van der Waals surface area contributed by atoms with Crippen LogP contribution in [0.15, 0.2) is 29.1 Å². The number of aromatic nitrogens is 3. The lowest BCUT2D eigenvalue weighted by atomic mass is 10.0. The highest BCUT2D eigenvalue weighted by Gasteiger charge is 2.34. The summed E-state index contributed by atoms with van der Waals surface area (Å²) in [5, 5.41) is 8.55. The zero-order chi connectivity index (χ0) is 18.0. The zero-order valence-corrected chi connectivity index (χ0v) is 15.1. The number of aryl methyl sites for hydroxylation is 1. The fourth-order valence-corrected chi connectivity index (χ4v) is 3.57. The number of hydrogen-bond acceptors (Lipinski definition) is 5. The van der Waals surface area contributed by atoms with Crippen LogP contribution in [0.4, 0.5) is 0 Å². The van der Waals surface area contributed by atoms with Crippen LogP contribution in [-0.4, -0.2) is 63.9 Å². The minimum absolute atomic E-state index is 0.0738. The molecule has 3 rings (SSSR count). The fraction of sp³-hybridized carbons (Fsp3) is 0.556. The Labute approximate surface area is 147 Å². The molecule has 0 unspecified atom stereocenters. The van der Waals surface area contributed by atoms with Crippen molar-refractivity contribution in [2.75, 3.05) is 27.2 Å². The normalized spacial score (nSPS) is 20.6. The van der Waals surface area contributed by atoms with Crippen LogP contribution in [0.3, 0.4) is 0 Å². The Hall–Kier alpha value is -2.28. The molecule has 1 aromatic carbocycles. The molecule has 0 aliphatic carbocycles. The Kier molecular flexibility index (Phi) is 5.13. The lowest BCUT2D eigenvalue weighted by Crippen LogP contribution is -2.36. The molecule has 7 nitrogen and oxygen atoms in total. The third-order valence-corrected chi connectivity index (χ3v) is 5.11. The fourth-order valence-electron chi connectivity index (χ4n) is 3.57. The van der Waals surface area contributed by atoms with Gasteiger partial charge in [-0.05, 0) is 32.1 Å². The van der Waals surface area contributed by atoms with Crippen LogP contribution in [0.25, 0.3) is 10.9 Å². The van der Waals surface area contributed by atoms with Crippen LogP contribution in [-0.2, 0) is 11.3 Å². The van der Waals surface area contributed by atoms with Crippen molar-refractivity contribution < 1.29 is 4.79 Å². The van der Waals surface area contributed by atoms with Gasteiger partial charge in [0, 0.05) is 25.6 Å². The Morgan fingerprint density at radius 3 is 2.72 bits per heavy atom. The Morgan fingerprint density at radius 1 is 1.28 bits per heavy atom. The maximum atomic E-state index is 12.6. The molecule has 0 N–H and O–H groups in total. The van der Waals surface area contributed by atoms with Crippen molar-refractivity contribution in [2.24, 2.45) is 5.92 Å². The van der Waals surface area contributed by atoms with Crippen molar-refractivity contribution in [1.82, 2.24) is 24.8 Å². The first-order chi connectivity index (χ1) is 12.0. The van der Waals surface area contributed by atoms with Crippen LogP contribution in [0.1, 0.15) is 19.8 Å². The van der Waals surface area contributed by atoms with Gasteiger partial charge >= 0.3 is 0 Å². The first kappa shape index (κ1) is 17.5. The summed E-state index contributed by atoms with van der Waals surface area (Å²) in [5.74, 6) is 0.576. The standard InChI is InChI=1S/C18H25N5O2/c1-4-13-11-22(12-16(13)21(2)3)17(24)9-10-23-18(25)14-7-5-6-8-15(14)19-20-23/h5-8,13,16H,4,9-12H2,1-3H3/t13-,16+/m1/s1. The molecule has 1 amide bonds. The SMILES string of the molecule is CC[C@@H]1CN(C(=O)CCn2nnc3ccccc3c2=O)C[C@@H]1N(C)C. The zero-order valence-electron chi connectivity index (χ0n) is 15.1. The molecule has 7 heteroatoms. The summed E-state index contributed by atoms with van der Waals surface area (Å²) in [6.07, 6.45) is 1.33. The molecule has 1 aliphatic heterocycles. The van der Waals surface area contributed by atoms with Crippen molar-refractivity contribution in [3.63, 3.8) is 0 Å². The monoisotopic (exact) mass is 343 g/mol. The number of carbonyl (C=O) groups is 1. The summed E-state index contributed by atoms with van der Waals surface area (Å²) >= 11 is 0. The third kappa shape index (κ3) is 3.56. The number of fused-ring (bicyclic) bond motifs is 1. The lowest BCUT2D eigenvalue weighted by molar-refractivity contribution is -0.130. The maximum Gasteiger partial charge on any atom is 0.277 e. The Bertz CT molecular complexity index is 816. The van der Waals surface area contributed by atoms with Gasteiger partial charge in [-0.3, -0.25) is 9.59 Å². The summed E-state index contributed by atoms with van der Waals surface area (Å²) < 4.78 is 1.29. The van der Waals surface area contributed by atoms with Crippen molar-refractivity contribution >= 4 is 16.8 Å². The minimum atomic E-state index is -0.197. The first-order valence-corrected chi connectivity index (χ1v) is 8.78. The first-order valence-electron chi connectivity index (χ1n) is 8.78. The van der Waals surface area contributed by atoms with Crippen molar-refractivity contribution in [1.29, 1.82) is 0 Å². The van der Waals surface area contributed by atoms with Crippen LogP contribution >= 0.6 is 0 Å². The lowest BCUT2D eigenvalue weighted by Gasteiger charge is -2.23. The summed E-state index contributed by atoms with van der Waals surface area (Å²) in [4.78, 5) is 29.1. The molecule has 2 heterocycles. The van der Waals surface area contributed by atoms with E-state index in [0.717, 1.165) is 19.5 Å². The van der Waals surface area contributed by atoms with E-state index in [1.54, 1.807) is 18.2 Å². The van der Waals surface area contributed by atoms with E-state index in [1.165, 1.54) is 4.68 Å². The second kappa shape index (κ2) is 7.31. The summed E-state index contributed by atoms with van der Waals surface area (Å²) in [7, 11) is 4.12. The molecule has 134 valence electrons. The smallest absolute Gasteiger partial charge is 0.277 e. The number of benzene rings is 1. The molecule has 1 aliphatic rings. The van der Waals surface area contributed by atoms with Gasteiger partial charge in [-0.2, -0.15) is 0 Å². The molecule has 0 saturated carbocycles. The molecule has 25 heavy (non-hydrogen) atoms. The van der Waals surface area contributed by atoms with E-state index >= 15 is 0 Å². The molecular formula is C18H25N5O2. The highest BCUT2D eigenvalue weighted by Crippen LogP contribution is 2.23. The van der Waals surface area contributed by atoms with E-state index in [-0.39, 0.29) is 24.4 Å². The molecule has 1 fully saturated rings. The number of rotatable bonds is 5. The molecule has 2 atom stereocenters. The molecule has 1 saturated heterocycles. The molecule has 0 radical (unpaired) electrons. The van der Waals surface area contributed by atoms with E-state index in [1.807, 2.05) is 11.0 Å². The summed E-state index contributed by atoms with van der Waals surface area (Å²) in [6.45, 7) is 3.97. The third-order valence-electron chi connectivity index (χ3n) is 5.11. The number of carbonyl (C=O) groups excluding carboxylic acids is 1. The van der Waals surface area contributed by atoms with Gasteiger partial charge in [0.15, 0.2) is 0 Å². The molecule has 0 spiro atoms. The van der Waals surface area contributed by atoms with Gasteiger partial charge < -0.3 is 9.80 Å². The average molecular weight is 343 g/mol. The van der Waals surface area contributed by atoms with Crippen molar-refractivity contribution in [3.8, 4) is 0 Å². The second-order valence-electron chi connectivity index (χ2n) is 6.88. The van der Waals surface area contributed by atoms with Gasteiger partial charge in [0.1, 0.15) is 5.52 Å². The Morgan fingerprint density at radius 2 is 2.04 bits per heavy atom. The summed E-state index contributed by atoms with van der Waals surface area (Å²) in [6, 6.07) is 7.52. The van der Waals surface area contributed by atoms with E-state index in [0.29, 0.717) is 22.9 Å². The van der Waals surface area contributed by atoms with E-state index in [9.17, 15) is 9.59 Å². The van der Waals surface area contributed by atoms with Gasteiger partial charge in [-0.1, -0.05) is 30.7 Å². The molecular weight excluding hydrogens is 318 g/mol. The predicted octanol–water partition coefficient (Wildman–Crippen LogP) is 0.980. The summed E-state index contributed by atoms with van der Waals surface area (Å²) in [5.41, 5.74) is 0.381. The Balaban J connectivity index is 1.67. The number of nitrogens with zero attached hydrogens (tertiary/aromatic N) is 5. The molecule has 2 aromatic rings.